The fraction of sp³-hybridized carbons (Fsp3) is 0.533. The number of hydrogen-bond acceptors (Lipinski definition) is 2. The summed E-state index contributed by atoms with van der Waals surface area (Å²) in [6, 6.07) is 4.38. The molecule has 3 nitrogen and oxygen atoms in total. The van der Waals surface area contributed by atoms with Crippen LogP contribution in [0.3, 0.4) is 0 Å². The van der Waals surface area contributed by atoms with E-state index in [-0.39, 0.29) is 17.7 Å². The van der Waals surface area contributed by atoms with Gasteiger partial charge in [0.1, 0.15) is 5.84 Å². The smallest absolute Gasteiger partial charge is 0.165 e. The van der Waals surface area contributed by atoms with Crippen LogP contribution in [0, 0.1) is 11.2 Å². The van der Waals surface area contributed by atoms with E-state index in [2.05, 4.69) is 6.92 Å². The van der Waals surface area contributed by atoms with Gasteiger partial charge in [0.05, 0.1) is 6.10 Å². The van der Waals surface area contributed by atoms with Crippen LogP contribution in [-0.4, -0.2) is 11.9 Å². The van der Waals surface area contributed by atoms with Crippen LogP contribution in [0.2, 0.25) is 0 Å². The molecule has 0 aliphatic rings. The van der Waals surface area contributed by atoms with Crippen LogP contribution in [0.4, 0.5) is 4.39 Å². The molecule has 0 fully saturated rings. The lowest BCUT2D eigenvalue weighted by Crippen LogP contribution is -2.14. The van der Waals surface area contributed by atoms with Gasteiger partial charge in [-0.25, -0.2) is 4.39 Å². The predicted octanol–water partition coefficient (Wildman–Crippen LogP) is 3.85. The highest BCUT2D eigenvalue weighted by molar-refractivity contribution is 5.95. The summed E-state index contributed by atoms with van der Waals surface area (Å²) in [4.78, 5) is 0. The number of amidine groups is 1. The van der Waals surface area contributed by atoms with Crippen molar-refractivity contribution in [3.8, 4) is 5.75 Å². The van der Waals surface area contributed by atoms with Gasteiger partial charge in [0, 0.05) is 5.56 Å². The van der Waals surface area contributed by atoms with Gasteiger partial charge in [0.2, 0.25) is 0 Å². The van der Waals surface area contributed by atoms with E-state index >= 15 is 0 Å². The monoisotopic (exact) mass is 266 g/mol. The molecule has 0 aromatic heterocycles. The molecule has 0 amide bonds. The molecule has 19 heavy (non-hydrogen) atoms. The second-order valence-corrected chi connectivity index (χ2v) is 4.84. The minimum atomic E-state index is -0.465. The highest BCUT2D eigenvalue weighted by Gasteiger charge is 2.10. The molecule has 106 valence electrons. The van der Waals surface area contributed by atoms with Gasteiger partial charge in [0.15, 0.2) is 11.6 Å². The van der Waals surface area contributed by atoms with Gasteiger partial charge in [-0.1, -0.05) is 26.2 Å². The number of nitrogens with two attached hydrogens (primary N) is 1. The zero-order chi connectivity index (χ0) is 14.3. The van der Waals surface area contributed by atoms with Crippen molar-refractivity contribution in [3.63, 3.8) is 0 Å². The van der Waals surface area contributed by atoms with E-state index in [9.17, 15) is 4.39 Å². The lowest BCUT2D eigenvalue weighted by molar-refractivity contribution is 0.197. The maximum Gasteiger partial charge on any atom is 0.165 e. The van der Waals surface area contributed by atoms with Gasteiger partial charge in [-0.05, 0) is 38.0 Å². The summed E-state index contributed by atoms with van der Waals surface area (Å²) in [7, 11) is 0. The molecule has 0 aliphatic carbocycles. The number of benzene rings is 1. The Morgan fingerprint density at radius 1 is 1.37 bits per heavy atom. The number of halogens is 1. The van der Waals surface area contributed by atoms with E-state index in [1.54, 1.807) is 6.07 Å². The standard InChI is InChI=1S/C15H23FN2O/c1-3-4-5-6-7-11(2)19-14-9-8-12(15(17)18)10-13(14)16/h8-11H,3-7H2,1-2H3,(H3,17,18). The second-order valence-electron chi connectivity index (χ2n) is 4.84. The number of nitrogens with one attached hydrogen (secondary N) is 1. The molecule has 0 saturated heterocycles. The van der Waals surface area contributed by atoms with E-state index in [4.69, 9.17) is 15.9 Å². The first-order chi connectivity index (χ1) is 9.04. The van der Waals surface area contributed by atoms with E-state index in [1.165, 1.54) is 31.4 Å². The first-order valence-corrected chi connectivity index (χ1v) is 6.85. The summed E-state index contributed by atoms with van der Waals surface area (Å²) in [6.07, 6.45) is 5.64. The van der Waals surface area contributed by atoms with Crippen molar-refractivity contribution in [1.29, 1.82) is 5.41 Å². The minimum Gasteiger partial charge on any atom is -0.488 e. The largest absolute Gasteiger partial charge is 0.488 e. The SMILES string of the molecule is CCCCCCC(C)Oc1ccc(C(=N)N)cc1F. The maximum atomic E-state index is 13.7. The fourth-order valence-electron chi connectivity index (χ4n) is 1.90. The Hall–Kier alpha value is -1.58. The third kappa shape index (κ3) is 5.28. The van der Waals surface area contributed by atoms with Crippen LogP contribution in [-0.2, 0) is 0 Å². The molecule has 3 N–H and O–H groups in total. The van der Waals surface area contributed by atoms with Gasteiger partial charge < -0.3 is 10.5 Å². The molecular formula is C15H23FN2O. The molecule has 0 bridgehead atoms. The lowest BCUT2D eigenvalue weighted by atomic mass is 10.1. The van der Waals surface area contributed by atoms with Crippen LogP contribution in [0.1, 0.15) is 51.5 Å². The number of hydrogen-bond donors (Lipinski definition) is 2. The molecule has 1 aromatic carbocycles. The average Bonchev–Trinajstić information content (AvgIpc) is 2.37. The average molecular weight is 266 g/mol. The summed E-state index contributed by atoms with van der Waals surface area (Å²) >= 11 is 0. The van der Waals surface area contributed by atoms with Crippen LogP contribution >= 0.6 is 0 Å². The Morgan fingerprint density at radius 2 is 2.11 bits per heavy atom. The third-order valence-electron chi connectivity index (χ3n) is 3.04. The molecule has 0 aliphatic heterocycles. The summed E-state index contributed by atoms with van der Waals surface area (Å²) in [5.74, 6) is -0.376. The highest BCUT2D eigenvalue weighted by Crippen LogP contribution is 2.21. The molecule has 1 aromatic rings. The van der Waals surface area contributed by atoms with Gasteiger partial charge in [0.25, 0.3) is 0 Å². The summed E-state index contributed by atoms with van der Waals surface area (Å²) in [6.45, 7) is 4.12. The first-order valence-electron chi connectivity index (χ1n) is 6.85. The normalized spacial score (nSPS) is 12.2. The van der Waals surface area contributed by atoms with E-state index in [0.29, 0.717) is 5.56 Å². The van der Waals surface area contributed by atoms with Crippen LogP contribution in [0.5, 0.6) is 5.75 Å². The Balaban J connectivity index is 2.50. The number of rotatable bonds is 8. The van der Waals surface area contributed by atoms with Gasteiger partial charge >= 0.3 is 0 Å². The van der Waals surface area contributed by atoms with E-state index in [1.807, 2.05) is 6.92 Å². The van der Waals surface area contributed by atoms with Gasteiger partial charge in [-0.15, -0.1) is 0 Å². The van der Waals surface area contributed by atoms with Crippen LogP contribution in [0.25, 0.3) is 0 Å². The van der Waals surface area contributed by atoms with Crippen molar-refractivity contribution in [2.75, 3.05) is 0 Å². The molecule has 1 rings (SSSR count). The van der Waals surface area contributed by atoms with E-state index in [0.717, 1.165) is 12.8 Å². The quantitative estimate of drug-likeness (QED) is 0.426. The van der Waals surface area contributed by atoms with Gasteiger partial charge in [-0.3, -0.25) is 5.41 Å². The van der Waals surface area contributed by atoms with Crippen LogP contribution < -0.4 is 10.5 Å². The molecule has 0 radical (unpaired) electrons. The fourth-order valence-corrected chi connectivity index (χ4v) is 1.90. The van der Waals surface area contributed by atoms with Crippen molar-refractivity contribution in [2.45, 2.75) is 52.1 Å². The third-order valence-corrected chi connectivity index (χ3v) is 3.04. The molecule has 0 spiro atoms. The second kappa shape index (κ2) is 7.77. The molecule has 4 heteroatoms. The van der Waals surface area contributed by atoms with Crippen LogP contribution in [0.15, 0.2) is 18.2 Å². The Labute approximate surface area is 114 Å². The Bertz CT molecular complexity index is 421. The maximum absolute atomic E-state index is 13.7. The Morgan fingerprint density at radius 3 is 2.68 bits per heavy atom. The summed E-state index contributed by atoms with van der Waals surface area (Å²) in [5, 5.41) is 7.24. The van der Waals surface area contributed by atoms with Crippen molar-refractivity contribution in [1.82, 2.24) is 0 Å². The molecule has 1 unspecified atom stereocenters. The molecular weight excluding hydrogens is 243 g/mol. The molecule has 1 atom stereocenters. The number of nitrogen functional groups attached to an aromatic ring is 1. The number of unbranched alkanes of at least 4 members (excludes halogenated alkanes) is 3. The lowest BCUT2D eigenvalue weighted by Gasteiger charge is -2.15. The van der Waals surface area contributed by atoms with Crippen molar-refractivity contribution >= 4 is 5.84 Å². The zero-order valence-electron chi connectivity index (χ0n) is 11.7. The molecule has 0 saturated carbocycles. The summed E-state index contributed by atoms with van der Waals surface area (Å²) in [5.41, 5.74) is 5.68. The molecule has 0 heterocycles. The highest BCUT2D eigenvalue weighted by atomic mass is 19.1. The minimum absolute atomic E-state index is 0.00506. The zero-order valence-corrected chi connectivity index (χ0v) is 11.7. The van der Waals surface area contributed by atoms with E-state index < -0.39 is 5.82 Å². The van der Waals surface area contributed by atoms with Crippen molar-refractivity contribution in [3.05, 3.63) is 29.6 Å². The van der Waals surface area contributed by atoms with Crippen molar-refractivity contribution < 1.29 is 9.13 Å². The summed E-state index contributed by atoms with van der Waals surface area (Å²) < 4.78 is 19.3. The first kappa shape index (κ1) is 15.5. The topological polar surface area (TPSA) is 59.1 Å². The number of ether oxygens (including phenoxy) is 1. The predicted molar refractivity (Wildman–Crippen MR) is 76.3 cm³/mol. The van der Waals surface area contributed by atoms with Crippen molar-refractivity contribution in [2.24, 2.45) is 5.73 Å². The Kier molecular flexibility index (Phi) is 6.33. The van der Waals surface area contributed by atoms with Gasteiger partial charge in [-0.2, -0.15) is 0 Å².